The zero-order valence-corrected chi connectivity index (χ0v) is 6.81. The summed E-state index contributed by atoms with van der Waals surface area (Å²) >= 11 is 0. The highest BCUT2D eigenvalue weighted by Gasteiger charge is 1.97. The van der Waals surface area contributed by atoms with E-state index in [0.717, 1.165) is 11.3 Å². The van der Waals surface area contributed by atoms with Crippen LogP contribution < -0.4 is 0 Å². The van der Waals surface area contributed by atoms with E-state index in [-0.39, 0.29) is 0 Å². The molecule has 0 saturated heterocycles. The van der Waals surface area contributed by atoms with Gasteiger partial charge in [0.2, 0.25) is 0 Å². The van der Waals surface area contributed by atoms with E-state index in [0.29, 0.717) is 0 Å². The third-order valence-electron chi connectivity index (χ3n) is 1.40. The highest BCUT2D eigenvalue weighted by Crippen LogP contribution is 2.01. The van der Waals surface area contributed by atoms with Gasteiger partial charge in [-0.25, -0.2) is 0 Å². The molecule has 1 rings (SSSR count). The first-order valence-corrected chi connectivity index (χ1v) is 3.65. The number of aryl methyl sites for hydroxylation is 1. The second-order valence-electron chi connectivity index (χ2n) is 2.51. The fourth-order valence-corrected chi connectivity index (χ4v) is 0.775. The number of rotatable bonds is 2. The Bertz CT molecular complexity index is 269. The minimum Gasteiger partial charge on any atom is -0.424 e. The minimum absolute atomic E-state index is 0.855. The van der Waals surface area contributed by atoms with Crippen LogP contribution >= 0.6 is 0 Å². The van der Waals surface area contributed by atoms with Gasteiger partial charge in [-0.2, -0.15) is 0 Å². The predicted molar refractivity (Wildman–Crippen MR) is 48.2 cm³/mol. The molecule has 0 atom stereocenters. The number of hydrogen-bond donors (Lipinski definition) is 2. The number of nitrogens with zero attached hydrogens (tertiary/aromatic N) is 1. The van der Waals surface area contributed by atoms with Crippen LogP contribution in [-0.2, 0) is 0 Å². The molecule has 0 amide bonds. The molecule has 3 nitrogen and oxygen atoms in total. The second-order valence-corrected chi connectivity index (χ2v) is 2.51. The third-order valence-corrected chi connectivity index (χ3v) is 1.40. The molecule has 1 aromatic rings. The molecule has 0 aliphatic carbocycles. The van der Waals surface area contributed by atoms with Crippen LogP contribution in [0.3, 0.4) is 0 Å². The Morgan fingerprint density at radius 3 is 2.67 bits per heavy atom. The molecule has 0 aliphatic heterocycles. The Morgan fingerprint density at radius 2 is 2.17 bits per heavy atom. The van der Waals surface area contributed by atoms with E-state index in [1.54, 1.807) is 12.3 Å². The summed E-state index contributed by atoms with van der Waals surface area (Å²) in [7, 11) is -1.40. The molecule has 0 saturated carbocycles. The van der Waals surface area contributed by atoms with Crippen molar-refractivity contribution in [1.82, 2.24) is 4.98 Å². The Labute approximate surface area is 71.5 Å². The monoisotopic (exact) mass is 163 g/mol. The van der Waals surface area contributed by atoms with Crippen molar-refractivity contribution in [2.75, 3.05) is 0 Å². The average molecular weight is 163 g/mol. The van der Waals surface area contributed by atoms with E-state index in [4.69, 9.17) is 10.0 Å². The molecule has 1 aromatic heterocycles. The van der Waals surface area contributed by atoms with Crippen molar-refractivity contribution < 1.29 is 10.0 Å². The van der Waals surface area contributed by atoms with Crippen LogP contribution in [0.1, 0.15) is 11.3 Å². The van der Waals surface area contributed by atoms with Gasteiger partial charge in [0, 0.05) is 11.9 Å². The smallest absolute Gasteiger partial charge is 0.424 e. The summed E-state index contributed by atoms with van der Waals surface area (Å²) in [4.78, 5) is 4.04. The maximum atomic E-state index is 8.52. The molecule has 12 heavy (non-hydrogen) atoms. The molecular formula is C8H10BNO2. The quantitative estimate of drug-likeness (QED) is 0.621. The summed E-state index contributed by atoms with van der Waals surface area (Å²) in [6.07, 6.45) is 3.28. The van der Waals surface area contributed by atoms with Gasteiger partial charge in [0.25, 0.3) is 0 Å². The van der Waals surface area contributed by atoms with Gasteiger partial charge in [-0.15, -0.1) is 0 Å². The minimum atomic E-state index is -1.40. The Morgan fingerprint density at radius 1 is 1.42 bits per heavy atom. The molecule has 0 aliphatic rings. The molecule has 0 aromatic carbocycles. The lowest BCUT2D eigenvalue weighted by Gasteiger charge is -1.93. The summed E-state index contributed by atoms with van der Waals surface area (Å²) in [5.41, 5.74) is 1.80. The van der Waals surface area contributed by atoms with Crippen molar-refractivity contribution in [3.8, 4) is 0 Å². The van der Waals surface area contributed by atoms with Gasteiger partial charge >= 0.3 is 7.12 Å². The first-order chi connectivity index (χ1) is 5.68. The van der Waals surface area contributed by atoms with Gasteiger partial charge in [0.05, 0.1) is 0 Å². The van der Waals surface area contributed by atoms with Crippen molar-refractivity contribution in [3.05, 3.63) is 35.6 Å². The molecule has 1 heterocycles. The molecule has 0 bridgehead atoms. The van der Waals surface area contributed by atoms with Gasteiger partial charge in [0.15, 0.2) is 0 Å². The lowest BCUT2D eigenvalue weighted by molar-refractivity contribution is 0.424. The van der Waals surface area contributed by atoms with E-state index >= 15 is 0 Å². The van der Waals surface area contributed by atoms with Crippen LogP contribution in [0.2, 0.25) is 0 Å². The lowest BCUT2D eigenvalue weighted by atomic mass is 9.91. The van der Waals surface area contributed by atoms with Crippen LogP contribution in [0, 0.1) is 6.92 Å². The standard InChI is InChI=1S/C8H10BNO2/c1-7-2-3-8(6-10-7)4-5-9(11)12/h2-6,11-12H,1H3/b5-4+. The van der Waals surface area contributed by atoms with E-state index in [1.807, 2.05) is 19.1 Å². The van der Waals surface area contributed by atoms with Gasteiger partial charge in [-0.1, -0.05) is 18.1 Å². The van der Waals surface area contributed by atoms with E-state index in [1.165, 1.54) is 5.98 Å². The molecule has 4 heteroatoms. The highest BCUT2D eigenvalue weighted by molar-refractivity contribution is 6.48. The van der Waals surface area contributed by atoms with E-state index in [2.05, 4.69) is 4.98 Å². The van der Waals surface area contributed by atoms with Crippen LogP contribution in [0.25, 0.3) is 6.08 Å². The van der Waals surface area contributed by atoms with Crippen LogP contribution in [0.5, 0.6) is 0 Å². The number of hydrogen-bond acceptors (Lipinski definition) is 3. The van der Waals surface area contributed by atoms with Gasteiger partial charge in [0.1, 0.15) is 0 Å². The second kappa shape index (κ2) is 4.04. The van der Waals surface area contributed by atoms with Crippen LogP contribution in [0.4, 0.5) is 0 Å². The highest BCUT2D eigenvalue weighted by atomic mass is 16.4. The van der Waals surface area contributed by atoms with Crippen molar-refractivity contribution in [1.29, 1.82) is 0 Å². The molecule has 2 N–H and O–H groups in total. The first kappa shape index (κ1) is 8.97. The molecular weight excluding hydrogens is 153 g/mol. The molecule has 0 fully saturated rings. The number of pyridine rings is 1. The van der Waals surface area contributed by atoms with Gasteiger partial charge < -0.3 is 10.0 Å². The van der Waals surface area contributed by atoms with Crippen LogP contribution in [-0.4, -0.2) is 22.2 Å². The predicted octanol–water partition coefficient (Wildman–Crippen LogP) is 0.415. The molecule has 0 spiro atoms. The van der Waals surface area contributed by atoms with Crippen LogP contribution in [0.15, 0.2) is 24.3 Å². The van der Waals surface area contributed by atoms with Crippen molar-refractivity contribution in [2.24, 2.45) is 0 Å². The third kappa shape index (κ3) is 2.86. The van der Waals surface area contributed by atoms with Crippen molar-refractivity contribution in [2.45, 2.75) is 6.92 Å². The van der Waals surface area contributed by atoms with Gasteiger partial charge in [-0.05, 0) is 18.6 Å². The largest absolute Gasteiger partial charge is 0.480 e. The van der Waals surface area contributed by atoms with E-state index in [9.17, 15) is 0 Å². The maximum absolute atomic E-state index is 8.52. The summed E-state index contributed by atoms with van der Waals surface area (Å²) in [5.74, 6) is 1.28. The summed E-state index contributed by atoms with van der Waals surface area (Å²) in [6.45, 7) is 1.90. The lowest BCUT2D eigenvalue weighted by Crippen LogP contribution is -2.05. The maximum Gasteiger partial charge on any atom is 0.480 e. The molecule has 0 radical (unpaired) electrons. The zero-order chi connectivity index (χ0) is 8.97. The fourth-order valence-electron chi connectivity index (χ4n) is 0.775. The Balaban J connectivity index is 2.71. The average Bonchev–Trinajstić information content (AvgIpc) is 2.03. The van der Waals surface area contributed by atoms with Crippen molar-refractivity contribution >= 4 is 13.2 Å². The molecule has 0 unspecified atom stereocenters. The zero-order valence-electron chi connectivity index (χ0n) is 6.81. The normalized spacial score (nSPS) is 10.6. The first-order valence-electron chi connectivity index (χ1n) is 3.65. The molecule has 62 valence electrons. The van der Waals surface area contributed by atoms with Crippen molar-refractivity contribution in [3.63, 3.8) is 0 Å². The topological polar surface area (TPSA) is 53.4 Å². The number of aromatic nitrogens is 1. The fraction of sp³-hybridized carbons (Fsp3) is 0.125. The summed E-state index contributed by atoms with van der Waals surface area (Å²) in [5, 5.41) is 17.0. The summed E-state index contributed by atoms with van der Waals surface area (Å²) < 4.78 is 0. The summed E-state index contributed by atoms with van der Waals surface area (Å²) in [6, 6.07) is 3.73. The van der Waals surface area contributed by atoms with Gasteiger partial charge in [-0.3, -0.25) is 4.98 Å². The SMILES string of the molecule is Cc1ccc(/C=C/B(O)O)cn1. The Hall–Kier alpha value is -1.13. The Kier molecular flexibility index (Phi) is 3.02. The van der Waals surface area contributed by atoms with E-state index < -0.39 is 7.12 Å².